The molecule has 7 nitrogen and oxygen atoms in total. The monoisotopic (exact) mass is 588 g/mol. The Hall–Kier alpha value is -4.58. The van der Waals surface area contributed by atoms with Crippen LogP contribution in [0.2, 0.25) is 5.02 Å². The summed E-state index contributed by atoms with van der Waals surface area (Å²) in [7, 11) is 0. The molecule has 210 valence electrons. The van der Waals surface area contributed by atoms with Gasteiger partial charge in [0.1, 0.15) is 17.3 Å². The number of amides is 2. The smallest absolute Gasteiger partial charge is 0.340 e. The van der Waals surface area contributed by atoms with Crippen molar-refractivity contribution in [3.05, 3.63) is 116 Å². The number of rotatable bonds is 5. The van der Waals surface area contributed by atoms with Crippen molar-refractivity contribution in [1.29, 1.82) is 0 Å². The third kappa shape index (κ3) is 5.42. The number of benzene rings is 2. The van der Waals surface area contributed by atoms with Gasteiger partial charge < -0.3 is 15.2 Å². The highest BCUT2D eigenvalue weighted by atomic mass is 35.5. The third-order valence-electron chi connectivity index (χ3n) is 6.46. The zero-order valence-electron chi connectivity index (χ0n) is 20.9. The van der Waals surface area contributed by atoms with E-state index in [1.807, 2.05) is 0 Å². The van der Waals surface area contributed by atoms with Crippen LogP contribution in [0.4, 0.5) is 27.6 Å². The molecule has 1 aliphatic rings. The van der Waals surface area contributed by atoms with Crippen molar-refractivity contribution in [2.75, 3.05) is 5.32 Å². The molecule has 0 saturated carbocycles. The predicted octanol–water partition coefficient (Wildman–Crippen LogP) is 5.97. The van der Waals surface area contributed by atoms with Crippen LogP contribution in [0.25, 0.3) is 11.3 Å². The topological polar surface area (TPSA) is 93.1 Å². The van der Waals surface area contributed by atoms with E-state index in [4.69, 9.17) is 11.6 Å². The molecule has 4 aromatic rings. The molecule has 1 atom stereocenters. The van der Waals surface area contributed by atoms with Crippen LogP contribution in [0, 0.1) is 11.6 Å². The molecule has 0 saturated heterocycles. The van der Waals surface area contributed by atoms with E-state index in [2.05, 4.69) is 15.6 Å². The summed E-state index contributed by atoms with van der Waals surface area (Å²) in [5, 5.41) is 5.18. The van der Waals surface area contributed by atoms with E-state index in [-0.39, 0.29) is 44.9 Å². The lowest BCUT2D eigenvalue weighted by molar-refractivity contribution is -0.137. The number of nitrogens with zero attached hydrogens (tertiary/aromatic N) is 2. The number of nitrogens with one attached hydrogen (secondary N) is 2. The lowest BCUT2D eigenvalue weighted by atomic mass is 9.97. The Morgan fingerprint density at radius 3 is 2.51 bits per heavy atom. The van der Waals surface area contributed by atoms with Gasteiger partial charge in [0, 0.05) is 46.1 Å². The van der Waals surface area contributed by atoms with Crippen LogP contribution in [-0.2, 0) is 12.7 Å². The van der Waals surface area contributed by atoms with Gasteiger partial charge in [-0.3, -0.25) is 14.4 Å². The average Bonchev–Trinajstić information content (AvgIpc) is 3.25. The highest BCUT2D eigenvalue weighted by Gasteiger charge is 2.37. The summed E-state index contributed by atoms with van der Waals surface area (Å²) in [6.07, 6.45) is -3.43. The number of carbonyl (C=O) groups is 2. The number of alkyl halides is 3. The molecule has 1 aliphatic heterocycles. The number of hydrogen-bond donors (Lipinski definition) is 2. The first-order valence-corrected chi connectivity index (χ1v) is 12.4. The first-order chi connectivity index (χ1) is 19.3. The summed E-state index contributed by atoms with van der Waals surface area (Å²) < 4.78 is 69.4. The summed E-state index contributed by atoms with van der Waals surface area (Å²) in [6, 6.07) is 7.83. The van der Waals surface area contributed by atoms with Gasteiger partial charge in [-0.25, -0.2) is 13.8 Å². The number of aromatic nitrogens is 2. The van der Waals surface area contributed by atoms with E-state index in [0.29, 0.717) is 24.2 Å². The molecule has 13 heteroatoms. The molecule has 0 unspecified atom stereocenters. The maximum Gasteiger partial charge on any atom is 0.416 e. The highest BCUT2D eigenvalue weighted by Crippen LogP contribution is 2.40. The molecule has 0 aliphatic carbocycles. The molecule has 2 aromatic heterocycles. The minimum atomic E-state index is -4.92. The molecular formula is C28H18ClF5N4O3. The molecule has 41 heavy (non-hydrogen) atoms. The lowest BCUT2D eigenvalue weighted by Gasteiger charge is -2.19. The fraction of sp³-hybridized carbons (Fsp3) is 0.143. The Bertz CT molecular complexity index is 1790. The summed E-state index contributed by atoms with van der Waals surface area (Å²) in [5.74, 6) is -3.76. The van der Waals surface area contributed by atoms with Gasteiger partial charge in [-0.2, -0.15) is 13.2 Å². The van der Waals surface area contributed by atoms with Crippen molar-refractivity contribution in [2.24, 2.45) is 0 Å². The molecule has 2 amide bonds. The van der Waals surface area contributed by atoms with E-state index in [1.54, 1.807) is 6.92 Å². The highest BCUT2D eigenvalue weighted by molar-refractivity contribution is 6.31. The second-order valence-corrected chi connectivity index (χ2v) is 9.52. The summed E-state index contributed by atoms with van der Waals surface area (Å²) in [4.78, 5) is 42.8. The van der Waals surface area contributed by atoms with Crippen molar-refractivity contribution >= 4 is 29.1 Å². The number of carbonyl (C=O) groups excluding carboxylic acids is 2. The molecule has 0 radical (unpaired) electrons. The van der Waals surface area contributed by atoms with Crippen LogP contribution in [-0.4, -0.2) is 21.4 Å². The Morgan fingerprint density at radius 1 is 1.05 bits per heavy atom. The van der Waals surface area contributed by atoms with E-state index >= 15 is 0 Å². The fourth-order valence-electron chi connectivity index (χ4n) is 4.52. The number of hydrogen-bond acceptors (Lipinski definition) is 4. The van der Waals surface area contributed by atoms with E-state index in [1.165, 1.54) is 35.0 Å². The Labute approximate surface area is 233 Å². The van der Waals surface area contributed by atoms with Gasteiger partial charge in [-0.1, -0.05) is 11.6 Å². The van der Waals surface area contributed by atoms with Gasteiger partial charge in [-0.05, 0) is 55.5 Å². The van der Waals surface area contributed by atoms with Gasteiger partial charge in [0.05, 0.1) is 23.0 Å². The quantitative estimate of drug-likeness (QED) is 0.281. The van der Waals surface area contributed by atoms with Crippen LogP contribution >= 0.6 is 11.6 Å². The Balaban J connectivity index is 1.68. The van der Waals surface area contributed by atoms with E-state index in [9.17, 15) is 36.3 Å². The number of pyridine rings is 2. The molecule has 0 bridgehead atoms. The second-order valence-electron chi connectivity index (χ2n) is 9.11. The number of aryl methyl sites for hydroxylation is 1. The van der Waals surface area contributed by atoms with Crippen molar-refractivity contribution in [3.8, 4) is 11.3 Å². The van der Waals surface area contributed by atoms with Crippen LogP contribution in [0.1, 0.15) is 50.5 Å². The zero-order chi connectivity index (χ0) is 29.6. The second kappa shape index (κ2) is 10.4. The molecule has 3 heterocycles. The van der Waals surface area contributed by atoms with E-state index in [0.717, 1.165) is 12.1 Å². The van der Waals surface area contributed by atoms with Crippen LogP contribution in [0.15, 0.2) is 65.6 Å². The van der Waals surface area contributed by atoms with Gasteiger partial charge >= 0.3 is 6.18 Å². The minimum absolute atomic E-state index is 0.0656. The summed E-state index contributed by atoms with van der Waals surface area (Å²) >= 11 is 6.29. The number of halogens is 6. The maximum absolute atomic E-state index is 14.2. The summed E-state index contributed by atoms with van der Waals surface area (Å²) in [6.45, 7) is 2.06. The number of fused-ring (bicyclic) bond motifs is 1. The van der Waals surface area contributed by atoms with Crippen molar-refractivity contribution in [3.63, 3.8) is 0 Å². The SMILES string of the molecule is CCn1cc(-c2cc(NC(=O)c3cc(F)cc(C(F)(F)F)c3)c3c(n2)C(=O)N[C@H]3c2cc(F)ccc2Cl)ccc1=O. The molecule has 2 N–H and O–H groups in total. The largest absolute Gasteiger partial charge is 0.416 e. The normalized spacial score (nSPS) is 14.5. The lowest BCUT2D eigenvalue weighted by Crippen LogP contribution is -2.21. The average molecular weight is 589 g/mol. The van der Waals surface area contributed by atoms with Crippen LogP contribution in [0.3, 0.4) is 0 Å². The van der Waals surface area contributed by atoms with Crippen molar-refractivity contribution in [2.45, 2.75) is 25.7 Å². The molecule has 2 aromatic carbocycles. The predicted molar refractivity (Wildman–Crippen MR) is 140 cm³/mol. The molecule has 0 spiro atoms. The van der Waals surface area contributed by atoms with Gasteiger partial charge in [-0.15, -0.1) is 0 Å². The van der Waals surface area contributed by atoms with Gasteiger partial charge in [0.15, 0.2) is 0 Å². The first-order valence-electron chi connectivity index (χ1n) is 12.1. The first kappa shape index (κ1) is 28.0. The fourth-order valence-corrected chi connectivity index (χ4v) is 4.75. The van der Waals surface area contributed by atoms with Crippen molar-refractivity contribution in [1.82, 2.24) is 14.9 Å². The van der Waals surface area contributed by atoms with Gasteiger partial charge in [0.2, 0.25) is 0 Å². The van der Waals surface area contributed by atoms with Crippen molar-refractivity contribution < 1.29 is 31.5 Å². The number of anilines is 1. The van der Waals surface area contributed by atoms with Crippen LogP contribution in [0.5, 0.6) is 0 Å². The van der Waals surface area contributed by atoms with E-state index < -0.39 is 46.8 Å². The molecular weight excluding hydrogens is 571 g/mol. The Morgan fingerprint density at radius 2 is 1.80 bits per heavy atom. The Kier molecular flexibility index (Phi) is 7.12. The summed E-state index contributed by atoms with van der Waals surface area (Å²) in [5.41, 5.74) is -1.83. The van der Waals surface area contributed by atoms with Crippen LogP contribution < -0.4 is 16.2 Å². The minimum Gasteiger partial charge on any atom is -0.340 e. The maximum atomic E-state index is 14.2. The van der Waals surface area contributed by atoms with Gasteiger partial charge in [0.25, 0.3) is 17.4 Å². The molecule has 5 rings (SSSR count). The third-order valence-corrected chi connectivity index (χ3v) is 6.81. The molecule has 0 fully saturated rings. The standard InChI is InChI=1S/C28H18ClF5N4O3/c1-2-38-12-13(3-6-22(38)39)20-11-21(36-26(40)14-7-15(28(32,33)34)9-17(31)8-14)23-24(37-27(41)25(23)35-20)18-10-16(30)4-5-19(18)29/h3-12,24H,2H2,1H3,(H,37,41)(H,35,36,40)/t24-/m0/s1. The zero-order valence-corrected chi connectivity index (χ0v) is 21.7.